The summed E-state index contributed by atoms with van der Waals surface area (Å²) in [5, 5.41) is 3.76. The highest BCUT2D eigenvalue weighted by Gasteiger charge is 2.35. The molecule has 2 aromatic rings. The molecule has 2 atom stereocenters. The van der Waals surface area contributed by atoms with Gasteiger partial charge in [-0.25, -0.2) is 9.97 Å². The van der Waals surface area contributed by atoms with Crippen LogP contribution in [0.5, 0.6) is 0 Å². The Morgan fingerprint density at radius 2 is 2.04 bits per heavy atom. The van der Waals surface area contributed by atoms with Crippen molar-refractivity contribution < 1.29 is 9.59 Å². The second-order valence-corrected chi connectivity index (χ2v) is 7.06. The number of benzene rings is 1. The molecule has 0 saturated carbocycles. The van der Waals surface area contributed by atoms with E-state index in [4.69, 9.17) is 17.3 Å². The molecule has 27 heavy (non-hydrogen) atoms. The van der Waals surface area contributed by atoms with E-state index in [1.165, 1.54) is 12.4 Å². The number of carbonyl (C=O) groups excluding carboxylic acids is 2. The summed E-state index contributed by atoms with van der Waals surface area (Å²) < 4.78 is 0. The van der Waals surface area contributed by atoms with Crippen LogP contribution in [0.3, 0.4) is 0 Å². The third-order valence-corrected chi connectivity index (χ3v) is 4.90. The van der Waals surface area contributed by atoms with Crippen LogP contribution in [0.15, 0.2) is 30.6 Å². The van der Waals surface area contributed by atoms with Gasteiger partial charge in [0.2, 0.25) is 17.8 Å². The number of nitrogens with one attached hydrogen (secondary N) is 1. The Morgan fingerprint density at radius 3 is 2.63 bits per heavy atom. The maximum Gasteiger partial charge on any atom is 0.248 e. The van der Waals surface area contributed by atoms with Crippen LogP contribution in [0.4, 0.5) is 11.6 Å². The van der Waals surface area contributed by atoms with E-state index in [0.29, 0.717) is 23.0 Å². The standard InChI is InChI=1S/C19H22ClN5O2/c1-3-4-14-8-16(24-19-22-9-13(20)10-23-19)15-7-12(18(21)27)5-6-17(15)25(14)11(2)26/h5-7,9-10,14,16H,3-4,8H2,1-2H3,(H2,21,27)(H,22,23,24). The maximum atomic E-state index is 12.3. The molecule has 2 amide bonds. The number of fused-ring (bicyclic) bond motifs is 1. The van der Waals surface area contributed by atoms with Gasteiger partial charge in [-0.2, -0.15) is 0 Å². The van der Waals surface area contributed by atoms with Crippen molar-refractivity contribution in [3.8, 4) is 0 Å². The lowest BCUT2D eigenvalue weighted by Gasteiger charge is -2.41. The minimum absolute atomic E-state index is 0.0253. The van der Waals surface area contributed by atoms with Gasteiger partial charge in [-0.3, -0.25) is 9.59 Å². The molecular weight excluding hydrogens is 366 g/mol. The van der Waals surface area contributed by atoms with Gasteiger partial charge in [0.1, 0.15) is 0 Å². The Balaban J connectivity index is 2.05. The Morgan fingerprint density at radius 1 is 1.33 bits per heavy atom. The lowest BCUT2D eigenvalue weighted by molar-refractivity contribution is -0.117. The largest absolute Gasteiger partial charge is 0.366 e. The summed E-state index contributed by atoms with van der Waals surface area (Å²) in [5.41, 5.74) is 7.46. The van der Waals surface area contributed by atoms with Gasteiger partial charge >= 0.3 is 0 Å². The van der Waals surface area contributed by atoms with Gasteiger partial charge in [0.05, 0.1) is 23.5 Å². The molecule has 1 aliphatic rings. The van der Waals surface area contributed by atoms with E-state index in [2.05, 4.69) is 22.2 Å². The number of aromatic nitrogens is 2. The molecule has 7 nitrogen and oxygen atoms in total. The molecule has 8 heteroatoms. The molecule has 0 bridgehead atoms. The van der Waals surface area contributed by atoms with Crippen molar-refractivity contribution in [3.05, 3.63) is 46.7 Å². The van der Waals surface area contributed by atoms with Gasteiger partial charge in [0.15, 0.2) is 0 Å². The number of hydrogen-bond acceptors (Lipinski definition) is 5. The minimum atomic E-state index is -0.510. The van der Waals surface area contributed by atoms with Gasteiger partial charge in [-0.15, -0.1) is 0 Å². The topological polar surface area (TPSA) is 101 Å². The van der Waals surface area contributed by atoms with E-state index in [1.54, 1.807) is 25.1 Å². The van der Waals surface area contributed by atoms with Crippen LogP contribution < -0.4 is 16.0 Å². The van der Waals surface area contributed by atoms with Crippen molar-refractivity contribution in [1.29, 1.82) is 0 Å². The van der Waals surface area contributed by atoms with Crippen LogP contribution in [-0.4, -0.2) is 27.8 Å². The summed E-state index contributed by atoms with van der Waals surface area (Å²) in [6.45, 7) is 3.65. The summed E-state index contributed by atoms with van der Waals surface area (Å²) in [7, 11) is 0. The first-order chi connectivity index (χ1) is 12.9. The van der Waals surface area contributed by atoms with Crippen LogP contribution in [0.2, 0.25) is 5.02 Å². The number of nitrogens with two attached hydrogens (primary N) is 1. The first-order valence-corrected chi connectivity index (χ1v) is 9.26. The van der Waals surface area contributed by atoms with E-state index >= 15 is 0 Å². The van der Waals surface area contributed by atoms with Gasteiger partial charge in [0, 0.05) is 24.2 Å². The summed E-state index contributed by atoms with van der Waals surface area (Å²) >= 11 is 5.86. The summed E-state index contributed by atoms with van der Waals surface area (Å²) in [5.74, 6) is -0.0987. The number of hydrogen-bond donors (Lipinski definition) is 2. The number of primary amides is 1. The highest BCUT2D eigenvalue weighted by Crippen LogP contribution is 2.40. The fourth-order valence-electron chi connectivity index (χ4n) is 3.59. The molecule has 0 aliphatic carbocycles. The van der Waals surface area contributed by atoms with E-state index in [-0.39, 0.29) is 18.0 Å². The quantitative estimate of drug-likeness (QED) is 0.819. The van der Waals surface area contributed by atoms with Crippen LogP contribution in [-0.2, 0) is 4.79 Å². The van der Waals surface area contributed by atoms with Crippen LogP contribution in [0.25, 0.3) is 0 Å². The maximum absolute atomic E-state index is 12.3. The fraction of sp³-hybridized carbons (Fsp3) is 0.368. The minimum Gasteiger partial charge on any atom is -0.366 e. The molecule has 1 aromatic heterocycles. The van der Waals surface area contributed by atoms with Crippen molar-refractivity contribution in [2.24, 2.45) is 5.73 Å². The van der Waals surface area contributed by atoms with Crippen LogP contribution in [0, 0.1) is 0 Å². The summed E-state index contributed by atoms with van der Waals surface area (Å²) in [6.07, 6.45) is 5.54. The average molecular weight is 388 g/mol. The Kier molecular flexibility index (Phi) is 5.60. The zero-order valence-corrected chi connectivity index (χ0v) is 16.0. The predicted molar refractivity (Wildman–Crippen MR) is 105 cm³/mol. The average Bonchev–Trinajstić information content (AvgIpc) is 2.63. The van der Waals surface area contributed by atoms with Gasteiger partial charge < -0.3 is 16.0 Å². The number of nitrogens with zero attached hydrogens (tertiary/aromatic N) is 3. The molecule has 0 saturated heterocycles. The van der Waals surface area contributed by atoms with Crippen LogP contribution >= 0.6 is 11.6 Å². The molecule has 142 valence electrons. The highest BCUT2D eigenvalue weighted by atomic mass is 35.5. The molecule has 2 heterocycles. The van der Waals surface area contributed by atoms with E-state index in [1.807, 2.05) is 4.90 Å². The monoisotopic (exact) mass is 387 g/mol. The third-order valence-electron chi connectivity index (χ3n) is 4.70. The zero-order valence-electron chi connectivity index (χ0n) is 15.3. The molecule has 1 aliphatic heterocycles. The first-order valence-electron chi connectivity index (χ1n) is 8.88. The highest BCUT2D eigenvalue weighted by molar-refractivity contribution is 6.30. The van der Waals surface area contributed by atoms with Crippen molar-refractivity contribution >= 4 is 35.1 Å². The summed E-state index contributed by atoms with van der Waals surface area (Å²) in [4.78, 5) is 34.2. The van der Waals surface area contributed by atoms with Gasteiger partial charge in [-0.05, 0) is 36.6 Å². The molecule has 1 aromatic carbocycles. The van der Waals surface area contributed by atoms with Gasteiger partial charge in [-0.1, -0.05) is 24.9 Å². The number of anilines is 2. The van der Waals surface area contributed by atoms with Crippen molar-refractivity contribution in [2.75, 3.05) is 10.2 Å². The molecule has 0 spiro atoms. The zero-order chi connectivity index (χ0) is 19.6. The Labute approximate surface area is 162 Å². The number of halogens is 1. The number of amides is 2. The second kappa shape index (κ2) is 7.92. The number of rotatable bonds is 5. The van der Waals surface area contributed by atoms with E-state index in [0.717, 1.165) is 24.1 Å². The van der Waals surface area contributed by atoms with Gasteiger partial charge in [0.25, 0.3) is 0 Å². The smallest absolute Gasteiger partial charge is 0.248 e. The predicted octanol–water partition coefficient (Wildman–Crippen LogP) is 3.31. The lowest BCUT2D eigenvalue weighted by Crippen LogP contribution is -2.45. The van der Waals surface area contributed by atoms with Crippen molar-refractivity contribution in [1.82, 2.24) is 9.97 Å². The molecule has 3 N–H and O–H groups in total. The normalized spacial score (nSPS) is 18.7. The fourth-order valence-corrected chi connectivity index (χ4v) is 3.69. The molecule has 3 rings (SSSR count). The van der Waals surface area contributed by atoms with Crippen LogP contribution in [0.1, 0.15) is 55.1 Å². The molecule has 2 unspecified atom stereocenters. The number of carbonyl (C=O) groups is 2. The van der Waals surface area contributed by atoms with E-state index < -0.39 is 5.91 Å². The molecule has 0 fully saturated rings. The Hall–Kier alpha value is -2.67. The van der Waals surface area contributed by atoms with Crippen molar-refractivity contribution in [2.45, 2.75) is 45.2 Å². The lowest BCUT2D eigenvalue weighted by atomic mass is 9.87. The Bertz CT molecular complexity index is 856. The van der Waals surface area contributed by atoms with Crippen molar-refractivity contribution in [3.63, 3.8) is 0 Å². The first kappa shape index (κ1) is 19.1. The second-order valence-electron chi connectivity index (χ2n) is 6.63. The summed E-state index contributed by atoms with van der Waals surface area (Å²) in [6, 6.07) is 5.07. The SMILES string of the molecule is CCCC1CC(Nc2ncc(Cl)cn2)c2cc(C(N)=O)ccc2N1C(C)=O. The van der Waals surface area contributed by atoms with E-state index in [9.17, 15) is 9.59 Å². The molecule has 0 radical (unpaired) electrons. The molecular formula is C19H22ClN5O2. The third kappa shape index (κ3) is 4.03.